The van der Waals surface area contributed by atoms with Crippen LogP contribution in [-0.2, 0) is 10.5 Å². The highest BCUT2D eigenvalue weighted by Crippen LogP contribution is 2.18. The molecule has 1 aromatic heterocycles. The van der Waals surface area contributed by atoms with Crippen molar-refractivity contribution in [2.45, 2.75) is 11.0 Å². The second-order valence-corrected chi connectivity index (χ2v) is 6.30. The Bertz CT molecular complexity index is 732. The van der Waals surface area contributed by atoms with Crippen molar-refractivity contribution in [1.29, 1.82) is 5.26 Å². The van der Waals surface area contributed by atoms with Crippen molar-refractivity contribution in [3.8, 4) is 6.07 Å². The molecule has 0 saturated carbocycles. The van der Waals surface area contributed by atoms with Crippen molar-refractivity contribution >= 4 is 23.6 Å². The Labute approximate surface area is 150 Å². The largest absolute Gasteiger partial charge is 0.350 e. The Hall–Kier alpha value is -2.85. The number of nitriles is 1. The lowest BCUT2D eigenvalue weighted by Gasteiger charge is -2.16. The van der Waals surface area contributed by atoms with Crippen molar-refractivity contribution in [2.75, 3.05) is 13.1 Å². The minimum absolute atomic E-state index is 0.0560. The van der Waals surface area contributed by atoms with Crippen LogP contribution in [0.15, 0.2) is 54.9 Å². The van der Waals surface area contributed by atoms with E-state index in [1.807, 2.05) is 36.4 Å². The standard InChI is InChI=1S/C18H18N4O2S/c19-8-11-21-18(24)16(25-13-14-4-2-1-3-5-14)12-22-17(23)15-6-9-20-10-7-15/h1-7,9-10,16H,11-13H2,(H,21,24)(H,22,23). The summed E-state index contributed by atoms with van der Waals surface area (Å²) in [5.41, 5.74) is 1.57. The molecule has 1 aromatic carbocycles. The number of carbonyl (C=O) groups excluding carboxylic acids is 2. The molecule has 0 spiro atoms. The molecule has 2 rings (SSSR count). The van der Waals surface area contributed by atoms with Gasteiger partial charge in [0.25, 0.3) is 5.91 Å². The van der Waals surface area contributed by atoms with Crippen LogP contribution < -0.4 is 10.6 Å². The van der Waals surface area contributed by atoms with Gasteiger partial charge in [-0.05, 0) is 17.7 Å². The predicted octanol–water partition coefficient (Wildman–Crippen LogP) is 1.75. The molecule has 0 aliphatic rings. The summed E-state index contributed by atoms with van der Waals surface area (Å²) in [5.74, 6) is 0.106. The van der Waals surface area contributed by atoms with Crippen LogP contribution in [0, 0.1) is 11.3 Å². The average molecular weight is 354 g/mol. The van der Waals surface area contributed by atoms with Gasteiger partial charge in [-0.15, -0.1) is 11.8 Å². The fraction of sp³-hybridized carbons (Fsp3) is 0.222. The number of amides is 2. The van der Waals surface area contributed by atoms with E-state index in [4.69, 9.17) is 5.26 Å². The first-order valence-electron chi connectivity index (χ1n) is 7.69. The van der Waals surface area contributed by atoms with E-state index in [1.165, 1.54) is 24.2 Å². The highest BCUT2D eigenvalue weighted by Gasteiger charge is 2.20. The van der Waals surface area contributed by atoms with Crippen LogP contribution in [0.5, 0.6) is 0 Å². The third kappa shape index (κ3) is 6.28. The van der Waals surface area contributed by atoms with Crippen molar-refractivity contribution in [3.05, 3.63) is 66.0 Å². The van der Waals surface area contributed by atoms with Gasteiger partial charge in [0.05, 0.1) is 6.07 Å². The third-order valence-electron chi connectivity index (χ3n) is 3.32. The quantitative estimate of drug-likeness (QED) is 0.704. The topological polar surface area (TPSA) is 94.9 Å². The molecule has 2 amide bonds. The Morgan fingerprint density at radius 1 is 1.12 bits per heavy atom. The maximum atomic E-state index is 12.2. The van der Waals surface area contributed by atoms with Gasteiger partial charge in [0.15, 0.2) is 0 Å². The van der Waals surface area contributed by atoms with Gasteiger partial charge in [-0.1, -0.05) is 30.3 Å². The molecule has 0 radical (unpaired) electrons. The highest BCUT2D eigenvalue weighted by molar-refractivity contribution is 7.99. The van der Waals surface area contributed by atoms with Gasteiger partial charge in [-0.2, -0.15) is 5.26 Å². The number of hydrogen-bond acceptors (Lipinski definition) is 5. The molecule has 1 heterocycles. The SMILES string of the molecule is N#CCNC(=O)C(CNC(=O)c1ccncc1)SCc1ccccc1. The minimum atomic E-state index is -0.487. The number of hydrogen-bond donors (Lipinski definition) is 2. The minimum Gasteiger partial charge on any atom is -0.350 e. The molecule has 2 N–H and O–H groups in total. The number of rotatable bonds is 8. The van der Waals surface area contributed by atoms with Crippen molar-refractivity contribution in [2.24, 2.45) is 0 Å². The third-order valence-corrected chi connectivity index (χ3v) is 4.60. The Balaban J connectivity index is 1.95. The van der Waals surface area contributed by atoms with Gasteiger partial charge in [0.1, 0.15) is 11.8 Å². The summed E-state index contributed by atoms with van der Waals surface area (Å²) in [5, 5.41) is 13.4. The first-order chi connectivity index (χ1) is 12.2. The van der Waals surface area contributed by atoms with Crippen LogP contribution in [0.25, 0.3) is 0 Å². The lowest BCUT2D eigenvalue weighted by Crippen LogP contribution is -2.41. The summed E-state index contributed by atoms with van der Waals surface area (Å²) in [6, 6.07) is 14.9. The summed E-state index contributed by atoms with van der Waals surface area (Å²) in [6.07, 6.45) is 3.08. The van der Waals surface area contributed by atoms with Gasteiger partial charge in [-0.3, -0.25) is 14.6 Å². The molecule has 25 heavy (non-hydrogen) atoms. The molecule has 6 nitrogen and oxygen atoms in total. The number of nitrogens with one attached hydrogen (secondary N) is 2. The van der Waals surface area contributed by atoms with E-state index >= 15 is 0 Å². The van der Waals surface area contributed by atoms with E-state index in [1.54, 1.807) is 12.1 Å². The Kier molecular flexibility index (Phi) is 7.47. The van der Waals surface area contributed by atoms with Gasteiger partial charge in [-0.25, -0.2) is 0 Å². The maximum absolute atomic E-state index is 12.2. The van der Waals surface area contributed by atoms with Crippen LogP contribution in [0.4, 0.5) is 0 Å². The Morgan fingerprint density at radius 3 is 2.52 bits per heavy atom. The molecule has 0 aliphatic carbocycles. The van der Waals surface area contributed by atoms with E-state index in [0.29, 0.717) is 11.3 Å². The van der Waals surface area contributed by atoms with Crippen LogP contribution in [0.2, 0.25) is 0 Å². The van der Waals surface area contributed by atoms with Crippen molar-refractivity contribution in [3.63, 3.8) is 0 Å². The van der Waals surface area contributed by atoms with E-state index in [0.717, 1.165) is 5.56 Å². The molecule has 1 atom stereocenters. The number of thioether (sulfide) groups is 1. The molecule has 2 aromatic rings. The van der Waals surface area contributed by atoms with Crippen LogP contribution in [0.3, 0.4) is 0 Å². The molecule has 0 fully saturated rings. The molecule has 0 saturated heterocycles. The van der Waals surface area contributed by atoms with Crippen molar-refractivity contribution < 1.29 is 9.59 Å². The normalized spacial score (nSPS) is 11.2. The molecule has 0 bridgehead atoms. The smallest absolute Gasteiger partial charge is 0.251 e. The second-order valence-electron chi connectivity index (χ2n) is 5.11. The van der Waals surface area contributed by atoms with Crippen molar-refractivity contribution in [1.82, 2.24) is 15.6 Å². The summed E-state index contributed by atoms with van der Waals surface area (Å²) in [7, 11) is 0. The molecular weight excluding hydrogens is 336 g/mol. The monoisotopic (exact) mass is 354 g/mol. The maximum Gasteiger partial charge on any atom is 0.251 e. The zero-order valence-electron chi connectivity index (χ0n) is 13.5. The fourth-order valence-corrected chi connectivity index (χ4v) is 3.05. The van der Waals surface area contributed by atoms with Gasteiger partial charge >= 0.3 is 0 Å². The lowest BCUT2D eigenvalue weighted by atomic mass is 10.2. The molecule has 128 valence electrons. The van der Waals surface area contributed by atoms with Gasteiger partial charge < -0.3 is 10.6 Å². The number of nitrogens with zero attached hydrogens (tertiary/aromatic N) is 2. The summed E-state index contributed by atoms with van der Waals surface area (Å²) < 4.78 is 0. The van der Waals surface area contributed by atoms with Crippen LogP contribution >= 0.6 is 11.8 Å². The first-order valence-corrected chi connectivity index (χ1v) is 8.74. The first kappa shape index (κ1) is 18.5. The van der Waals surface area contributed by atoms with E-state index in [2.05, 4.69) is 15.6 Å². The molecule has 7 heteroatoms. The number of benzene rings is 1. The average Bonchev–Trinajstić information content (AvgIpc) is 2.67. The van der Waals surface area contributed by atoms with E-state index in [-0.39, 0.29) is 24.9 Å². The lowest BCUT2D eigenvalue weighted by molar-refractivity contribution is -0.120. The zero-order valence-corrected chi connectivity index (χ0v) is 14.3. The van der Waals surface area contributed by atoms with Gasteiger partial charge in [0.2, 0.25) is 5.91 Å². The fourth-order valence-electron chi connectivity index (χ4n) is 2.03. The number of aromatic nitrogens is 1. The number of pyridine rings is 1. The second kappa shape index (κ2) is 10.1. The number of carbonyl (C=O) groups is 2. The summed E-state index contributed by atoms with van der Waals surface area (Å²) >= 11 is 1.42. The highest BCUT2D eigenvalue weighted by atomic mass is 32.2. The predicted molar refractivity (Wildman–Crippen MR) is 96.7 cm³/mol. The van der Waals surface area contributed by atoms with Gasteiger partial charge in [0, 0.05) is 30.3 Å². The summed E-state index contributed by atoms with van der Waals surface area (Å²) in [4.78, 5) is 28.2. The Morgan fingerprint density at radius 2 is 1.84 bits per heavy atom. The van der Waals surface area contributed by atoms with E-state index < -0.39 is 5.25 Å². The molecular formula is C18H18N4O2S. The van der Waals surface area contributed by atoms with Crippen LogP contribution in [0.1, 0.15) is 15.9 Å². The molecule has 1 unspecified atom stereocenters. The zero-order chi connectivity index (χ0) is 17.9. The van der Waals surface area contributed by atoms with Crippen LogP contribution in [-0.4, -0.2) is 35.1 Å². The van der Waals surface area contributed by atoms with E-state index in [9.17, 15) is 9.59 Å². The molecule has 0 aliphatic heterocycles. The summed E-state index contributed by atoms with van der Waals surface area (Å²) in [6.45, 7) is 0.120.